The second kappa shape index (κ2) is 6.17. The minimum Gasteiger partial charge on any atom is -0.309 e. The van der Waals surface area contributed by atoms with E-state index in [0.717, 1.165) is 15.6 Å². The van der Waals surface area contributed by atoms with Crippen LogP contribution < -0.4 is 5.32 Å². The van der Waals surface area contributed by atoms with E-state index in [9.17, 15) is 4.79 Å². The smallest absolute Gasteiger partial charge is 0.248 e. The standard InChI is InChI=1S/C14H12BrClN2O/c1-9-7-12(17-8-11(9)15)18-14(19)13(16)10-5-3-2-4-6-10/h2-8,13H,1H3,(H,17,18,19). The van der Waals surface area contributed by atoms with Crippen molar-refractivity contribution >= 4 is 39.3 Å². The van der Waals surface area contributed by atoms with Crippen molar-refractivity contribution in [3.63, 3.8) is 0 Å². The number of alkyl halides is 1. The van der Waals surface area contributed by atoms with Crippen molar-refractivity contribution in [3.8, 4) is 0 Å². The predicted molar refractivity (Wildman–Crippen MR) is 80.3 cm³/mol. The number of benzene rings is 1. The maximum Gasteiger partial charge on any atom is 0.248 e. The van der Waals surface area contributed by atoms with Crippen LogP contribution in [0.25, 0.3) is 0 Å². The van der Waals surface area contributed by atoms with E-state index >= 15 is 0 Å². The Labute approximate surface area is 125 Å². The van der Waals surface area contributed by atoms with Crippen LogP contribution in [-0.4, -0.2) is 10.9 Å². The molecular formula is C14H12BrClN2O. The van der Waals surface area contributed by atoms with Crippen molar-refractivity contribution in [2.75, 3.05) is 5.32 Å². The third-order valence-electron chi connectivity index (χ3n) is 2.62. The molecule has 1 aromatic heterocycles. The Kier molecular flexibility index (Phi) is 4.56. The summed E-state index contributed by atoms with van der Waals surface area (Å²) in [5, 5.41) is 1.98. The normalized spacial score (nSPS) is 11.9. The van der Waals surface area contributed by atoms with Gasteiger partial charge >= 0.3 is 0 Å². The number of rotatable bonds is 3. The predicted octanol–water partition coefficient (Wildman–Crippen LogP) is 4.07. The van der Waals surface area contributed by atoms with E-state index in [2.05, 4.69) is 26.2 Å². The highest BCUT2D eigenvalue weighted by atomic mass is 79.9. The molecule has 1 aromatic carbocycles. The Hall–Kier alpha value is -1.39. The molecule has 19 heavy (non-hydrogen) atoms. The average Bonchev–Trinajstić information content (AvgIpc) is 2.43. The molecule has 1 atom stereocenters. The fourth-order valence-corrected chi connectivity index (χ4v) is 1.99. The Morgan fingerprint density at radius 3 is 2.68 bits per heavy atom. The molecule has 3 nitrogen and oxygen atoms in total. The number of pyridine rings is 1. The number of aryl methyl sites for hydroxylation is 1. The second-order valence-corrected chi connectivity index (χ2v) is 5.37. The van der Waals surface area contributed by atoms with Crippen LogP contribution in [0.5, 0.6) is 0 Å². The van der Waals surface area contributed by atoms with Gasteiger partial charge in [0.1, 0.15) is 11.2 Å². The first kappa shape index (κ1) is 14.0. The summed E-state index contributed by atoms with van der Waals surface area (Å²) in [6.07, 6.45) is 1.65. The summed E-state index contributed by atoms with van der Waals surface area (Å²) in [6, 6.07) is 11.0. The van der Waals surface area contributed by atoms with Gasteiger partial charge in [0.25, 0.3) is 0 Å². The summed E-state index contributed by atoms with van der Waals surface area (Å²) in [5.74, 6) is 0.203. The van der Waals surface area contributed by atoms with Gasteiger partial charge in [-0.2, -0.15) is 0 Å². The Morgan fingerprint density at radius 2 is 2.05 bits per heavy atom. The van der Waals surface area contributed by atoms with Crippen molar-refractivity contribution in [1.82, 2.24) is 4.98 Å². The molecule has 2 aromatic rings. The number of hydrogen-bond acceptors (Lipinski definition) is 2. The summed E-state index contributed by atoms with van der Waals surface area (Å²) in [6.45, 7) is 1.93. The number of carbonyl (C=O) groups excluding carboxylic acids is 1. The van der Waals surface area contributed by atoms with Crippen molar-refractivity contribution in [1.29, 1.82) is 0 Å². The molecule has 0 bridgehead atoms. The van der Waals surface area contributed by atoms with E-state index in [1.54, 1.807) is 12.3 Å². The molecular weight excluding hydrogens is 328 g/mol. The lowest BCUT2D eigenvalue weighted by Crippen LogP contribution is -2.18. The van der Waals surface area contributed by atoms with Crippen LogP contribution in [-0.2, 0) is 4.79 Å². The van der Waals surface area contributed by atoms with Gasteiger partial charge in [0.2, 0.25) is 5.91 Å². The Bertz CT molecular complexity index is 589. The highest BCUT2D eigenvalue weighted by Crippen LogP contribution is 2.23. The van der Waals surface area contributed by atoms with Crippen LogP contribution >= 0.6 is 27.5 Å². The first-order chi connectivity index (χ1) is 9.08. The number of halogens is 2. The quantitative estimate of drug-likeness (QED) is 0.856. The zero-order valence-corrected chi connectivity index (χ0v) is 12.6. The first-order valence-corrected chi connectivity index (χ1v) is 6.93. The number of hydrogen-bond donors (Lipinski definition) is 1. The summed E-state index contributed by atoms with van der Waals surface area (Å²) >= 11 is 9.49. The molecule has 1 heterocycles. The van der Waals surface area contributed by atoms with E-state index in [1.807, 2.05) is 37.3 Å². The molecule has 0 aliphatic heterocycles. The third kappa shape index (κ3) is 3.55. The van der Waals surface area contributed by atoms with Gasteiger partial charge in [-0.1, -0.05) is 30.3 Å². The monoisotopic (exact) mass is 338 g/mol. The number of anilines is 1. The molecule has 2 rings (SSSR count). The molecule has 0 spiro atoms. The van der Waals surface area contributed by atoms with Gasteiger partial charge in [0, 0.05) is 10.7 Å². The lowest BCUT2D eigenvalue weighted by Gasteiger charge is -2.11. The van der Waals surface area contributed by atoms with E-state index in [1.165, 1.54) is 0 Å². The lowest BCUT2D eigenvalue weighted by molar-refractivity contribution is -0.116. The SMILES string of the molecule is Cc1cc(NC(=O)C(Cl)c2ccccc2)ncc1Br. The number of carbonyl (C=O) groups is 1. The lowest BCUT2D eigenvalue weighted by atomic mass is 10.1. The fraction of sp³-hybridized carbons (Fsp3) is 0.143. The molecule has 0 aliphatic rings. The molecule has 0 saturated carbocycles. The van der Waals surface area contributed by atoms with Gasteiger partial charge in [-0.3, -0.25) is 4.79 Å². The van der Waals surface area contributed by atoms with Crippen molar-refractivity contribution in [3.05, 3.63) is 58.2 Å². The molecule has 5 heteroatoms. The molecule has 1 N–H and O–H groups in total. The van der Waals surface area contributed by atoms with E-state index in [4.69, 9.17) is 11.6 Å². The van der Waals surface area contributed by atoms with Gasteiger partial charge in [-0.05, 0) is 40.0 Å². The number of nitrogens with one attached hydrogen (secondary N) is 1. The molecule has 0 aliphatic carbocycles. The van der Waals surface area contributed by atoms with Gasteiger partial charge in [-0.15, -0.1) is 11.6 Å². The summed E-state index contributed by atoms with van der Waals surface area (Å²) in [5.41, 5.74) is 1.76. The Morgan fingerprint density at radius 1 is 1.37 bits per heavy atom. The molecule has 98 valence electrons. The maximum absolute atomic E-state index is 12.0. The second-order valence-electron chi connectivity index (χ2n) is 4.08. The topological polar surface area (TPSA) is 42.0 Å². The molecule has 0 saturated heterocycles. The molecule has 0 fully saturated rings. The molecule has 0 radical (unpaired) electrons. The summed E-state index contributed by atoms with van der Waals surface area (Å²) in [7, 11) is 0. The Balaban J connectivity index is 2.10. The minimum absolute atomic E-state index is 0.290. The van der Waals surface area contributed by atoms with Crippen LogP contribution in [0.3, 0.4) is 0 Å². The van der Waals surface area contributed by atoms with E-state index in [-0.39, 0.29) is 5.91 Å². The number of amides is 1. The third-order valence-corrected chi connectivity index (χ3v) is 3.90. The largest absolute Gasteiger partial charge is 0.309 e. The van der Waals surface area contributed by atoms with Crippen molar-refractivity contribution < 1.29 is 4.79 Å². The van der Waals surface area contributed by atoms with Gasteiger partial charge in [-0.25, -0.2) is 4.98 Å². The zero-order valence-electron chi connectivity index (χ0n) is 10.2. The fourth-order valence-electron chi connectivity index (χ4n) is 1.57. The zero-order chi connectivity index (χ0) is 13.8. The average molecular weight is 340 g/mol. The van der Waals surface area contributed by atoms with Crippen molar-refractivity contribution in [2.24, 2.45) is 0 Å². The van der Waals surface area contributed by atoms with Gasteiger partial charge in [0.15, 0.2) is 0 Å². The van der Waals surface area contributed by atoms with Gasteiger partial charge < -0.3 is 5.32 Å². The van der Waals surface area contributed by atoms with E-state index < -0.39 is 5.38 Å². The minimum atomic E-state index is -0.730. The van der Waals surface area contributed by atoms with Crippen LogP contribution in [0, 0.1) is 6.92 Å². The van der Waals surface area contributed by atoms with Crippen LogP contribution in [0.4, 0.5) is 5.82 Å². The highest BCUT2D eigenvalue weighted by Gasteiger charge is 2.17. The summed E-state index contributed by atoms with van der Waals surface area (Å²) in [4.78, 5) is 16.1. The first-order valence-electron chi connectivity index (χ1n) is 5.70. The number of aromatic nitrogens is 1. The van der Waals surface area contributed by atoms with Gasteiger partial charge in [0.05, 0.1) is 0 Å². The van der Waals surface area contributed by atoms with E-state index in [0.29, 0.717) is 5.82 Å². The number of nitrogens with zero attached hydrogens (tertiary/aromatic N) is 1. The van der Waals surface area contributed by atoms with Crippen molar-refractivity contribution in [2.45, 2.75) is 12.3 Å². The maximum atomic E-state index is 12.0. The van der Waals surface area contributed by atoms with Crippen LogP contribution in [0.1, 0.15) is 16.5 Å². The van der Waals surface area contributed by atoms with Crippen LogP contribution in [0.15, 0.2) is 47.1 Å². The summed E-state index contributed by atoms with van der Waals surface area (Å²) < 4.78 is 0.899. The molecule has 1 unspecified atom stereocenters. The van der Waals surface area contributed by atoms with Crippen LogP contribution in [0.2, 0.25) is 0 Å². The highest BCUT2D eigenvalue weighted by molar-refractivity contribution is 9.10. The molecule has 1 amide bonds.